The number of unbranched alkanes of at least 4 members (excludes halogenated alkanes) is 18. The van der Waals surface area contributed by atoms with Crippen molar-refractivity contribution in [2.75, 3.05) is 6.61 Å². The molecule has 0 spiro atoms. The monoisotopic (exact) mass is 492 g/mol. The second-order valence-electron chi connectivity index (χ2n) is 9.33. The molecule has 0 heterocycles. The van der Waals surface area contributed by atoms with Gasteiger partial charge in [-0.2, -0.15) is 8.42 Å². The van der Waals surface area contributed by atoms with Crippen molar-refractivity contribution in [3.8, 4) is 0 Å². The third-order valence-electron chi connectivity index (χ3n) is 6.06. The summed E-state index contributed by atoms with van der Waals surface area (Å²) in [7, 11) is -4.67. The lowest BCUT2D eigenvalue weighted by atomic mass is 10.0. The molecule has 198 valence electrons. The number of esters is 1. The molecule has 0 aromatic heterocycles. The molecule has 6 nitrogen and oxygen atoms in total. The van der Waals surface area contributed by atoms with Gasteiger partial charge in [0.1, 0.15) is 0 Å². The number of rotatable bonds is 25. The predicted octanol–water partition coefficient (Wildman–Crippen LogP) is 7.95. The molecular weight excluding hydrogens is 440 g/mol. The molecule has 0 aliphatic heterocycles. The fourth-order valence-corrected chi connectivity index (χ4v) is 4.49. The first-order valence-corrected chi connectivity index (χ1v) is 15.1. The number of hydrogen-bond acceptors (Lipinski definition) is 5. The van der Waals surface area contributed by atoms with Gasteiger partial charge in [-0.1, -0.05) is 136 Å². The Morgan fingerprint density at radius 3 is 1.39 bits per heavy atom. The van der Waals surface area contributed by atoms with Crippen molar-refractivity contribution in [1.82, 2.24) is 0 Å². The summed E-state index contributed by atoms with van der Waals surface area (Å²) in [5.74, 6) is -0.704. The van der Waals surface area contributed by atoms with Crippen LogP contribution < -0.4 is 0 Å². The van der Waals surface area contributed by atoms with Gasteiger partial charge in [0.2, 0.25) is 0 Å². The SMILES string of the molecule is CCCCCCCCCCCCCCCCCCOC(=O)C(CCCCCC)OS(=O)(=O)O. The largest absolute Gasteiger partial charge is 0.464 e. The maximum atomic E-state index is 12.1. The van der Waals surface area contributed by atoms with E-state index in [2.05, 4.69) is 18.0 Å². The van der Waals surface area contributed by atoms with Gasteiger partial charge in [0, 0.05) is 0 Å². The van der Waals surface area contributed by atoms with Crippen LogP contribution in [0.25, 0.3) is 0 Å². The van der Waals surface area contributed by atoms with Gasteiger partial charge < -0.3 is 4.74 Å². The van der Waals surface area contributed by atoms with E-state index in [4.69, 9.17) is 9.29 Å². The summed E-state index contributed by atoms with van der Waals surface area (Å²) in [4.78, 5) is 12.1. The number of carbonyl (C=O) groups excluding carboxylic acids is 1. The Balaban J connectivity index is 3.61. The van der Waals surface area contributed by atoms with Crippen molar-refractivity contribution in [3.05, 3.63) is 0 Å². The zero-order valence-electron chi connectivity index (χ0n) is 21.5. The molecule has 0 bridgehead atoms. The molecule has 33 heavy (non-hydrogen) atoms. The predicted molar refractivity (Wildman–Crippen MR) is 136 cm³/mol. The standard InChI is InChI=1S/C26H52O6S/c1-3-5-7-9-10-11-12-13-14-15-16-17-18-19-20-22-24-31-26(27)25(32-33(28,29)30)23-21-8-6-4-2/h25H,3-24H2,1-2H3,(H,28,29,30). The first-order valence-electron chi connectivity index (χ1n) is 13.7. The molecule has 1 atom stereocenters. The summed E-state index contributed by atoms with van der Waals surface area (Å²) in [5, 5.41) is 0. The van der Waals surface area contributed by atoms with Crippen molar-refractivity contribution < 1.29 is 26.7 Å². The molecule has 0 radical (unpaired) electrons. The fourth-order valence-electron chi connectivity index (χ4n) is 4.02. The second-order valence-corrected chi connectivity index (χ2v) is 10.4. The van der Waals surface area contributed by atoms with E-state index in [0.29, 0.717) is 6.42 Å². The molecule has 0 aliphatic rings. The minimum Gasteiger partial charge on any atom is -0.464 e. The molecule has 7 heteroatoms. The van der Waals surface area contributed by atoms with Crippen LogP contribution in [0.4, 0.5) is 0 Å². The average molecular weight is 493 g/mol. The Labute approximate surface area is 204 Å². The summed E-state index contributed by atoms with van der Waals surface area (Å²) in [6.45, 7) is 4.59. The zero-order valence-corrected chi connectivity index (χ0v) is 22.3. The maximum Gasteiger partial charge on any atom is 0.398 e. The lowest BCUT2D eigenvalue weighted by molar-refractivity contribution is -0.152. The first-order chi connectivity index (χ1) is 15.9. The van der Waals surface area contributed by atoms with Gasteiger partial charge in [0.05, 0.1) is 6.61 Å². The third-order valence-corrected chi connectivity index (χ3v) is 6.54. The Morgan fingerprint density at radius 2 is 1.00 bits per heavy atom. The van der Waals surface area contributed by atoms with Gasteiger partial charge in [0.25, 0.3) is 0 Å². The first kappa shape index (κ1) is 32.3. The molecule has 0 fully saturated rings. The summed E-state index contributed by atoms with van der Waals surface area (Å²) < 4.78 is 40.6. The highest BCUT2D eigenvalue weighted by molar-refractivity contribution is 7.80. The average Bonchev–Trinajstić information content (AvgIpc) is 2.77. The van der Waals surface area contributed by atoms with Crippen molar-refractivity contribution in [1.29, 1.82) is 0 Å². The Kier molecular flexibility index (Phi) is 22.6. The zero-order chi connectivity index (χ0) is 24.6. The van der Waals surface area contributed by atoms with E-state index >= 15 is 0 Å². The molecule has 1 N–H and O–H groups in total. The molecular formula is C26H52O6S. The van der Waals surface area contributed by atoms with E-state index in [1.807, 2.05) is 0 Å². The summed E-state index contributed by atoms with van der Waals surface area (Å²) in [6.07, 6.45) is 23.0. The van der Waals surface area contributed by atoms with Gasteiger partial charge >= 0.3 is 16.4 Å². The minimum absolute atomic E-state index is 0.234. The molecule has 1 unspecified atom stereocenters. The molecule has 0 saturated heterocycles. The van der Waals surface area contributed by atoms with Crippen molar-refractivity contribution >= 4 is 16.4 Å². The molecule has 0 amide bonds. The second kappa shape index (κ2) is 23.1. The van der Waals surface area contributed by atoms with E-state index in [9.17, 15) is 13.2 Å². The van der Waals surface area contributed by atoms with E-state index < -0.39 is 22.5 Å². The van der Waals surface area contributed by atoms with Crippen LogP contribution in [0.5, 0.6) is 0 Å². The molecule has 0 aromatic rings. The quantitative estimate of drug-likeness (QED) is 0.0790. The highest BCUT2D eigenvalue weighted by atomic mass is 32.3. The Hall–Kier alpha value is -0.660. The lowest BCUT2D eigenvalue weighted by Gasteiger charge is -2.14. The highest BCUT2D eigenvalue weighted by Crippen LogP contribution is 2.15. The van der Waals surface area contributed by atoms with Gasteiger partial charge in [-0.25, -0.2) is 8.98 Å². The van der Waals surface area contributed by atoms with E-state index in [0.717, 1.165) is 38.5 Å². The molecule has 0 aromatic carbocycles. The number of ether oxygens (including phenoxy) is 1. The molecule has 0 rings (SSSR count). The van der Waals surface area contributed by atoms with Crippen LogP contribution in [0.2, 0.25) is 0 Å². The van der Waals surface area contributed by atoms with Crippen LogP contribution in [-0.4, -0.2) is 31.7 Å². The molecule has 0 aliphatic carbocycles. The van der Waals surface area contributed by atoms with Gasteiger partial charge in [-0.05, 0) is 12.8 Å². The Bertz CT molecular complexity index is 535. The van der Waals surface area contributed by atoms with Gasteiger partial charge in [-0.3, -0.25) is 4.55 Å². The van der Waals surface area contributed by atoms with Crippen LogP contribution in [0, 0.1) is 0 Å². The lowest BCUT2D eigenvalue weighted by Crippen LogP contribution is -2.29. The van der Waals surface area contributed by atoms with Crippen molar-refractivity contribution in [2.45, 2.75) is 155 Å². The summed E-state index contributed by atoms with van der Waals surface area (Å²) in [6, 6.07) is 0. The van der Waals surface area contributed by atoms with E-state index in [1.54, 1.807) is 0 Å². The smallest absolute Gasteiger partial charge is 0.398 e. The van der Waals surface area contributed by atoms with Crippen molar-refractivity contribution in [2.24, 2.45) is 0 Å². The molecule has 0 saturated carbocycles. The normalized spacial score (nSPS) is 12.7. The topological polar surface area (TPSA) is 89.9 Å². The van der Waals surface area contributed by atoms with Crippen molar-refractivity contribution in [3.63, 3.8) is 0 Å². The van der Waals surface area contributed by atoms with Crippen LogP contribution in [0.1, 0.15) is 149 Å². The van der Waals surface area contributed by atoms with Gasteiger partial charge in [-0.15, -0.1) is 0 Å². The third kappa shape index (κ3) is 24.3. The summed E-state index contributed by atoms with van der Waals surface area (Å²) >= 11 is 0. The van der Waals surface area contributed by atoms with E-state index in [-0.39, 0.29) is 13.0 Å². The maximum absolute atomic E-state index is 12.1. The summed E-state index contributed by atoms with van der Waals surface area (Å²) in [5.41, 5.74) is 0. The van der Waals surface area contributed by atoms with Crippen LogP contribution >= 0.6 is 0 Å². The van der Waals surface area contributed by atoms with Crippen LogP contribution in [-0.2, 0) is 24.1 Å². The Morgan fingerprint density at radius 1 is 0.636 bits per heavy atom. The number of carbonyl (C=O) groups is 1. The van der Waals surface area contributed by atoms with Crippen LogP contribution in [0.3, 0.4) is 0 Å². The minimum atomic E-state index is -4.67. The fraction of sp³-hybridized carbons (Fsp3) is 0.962. The number of hydrogen-bond donors (Lipinski definition) is 1. The van der Waals surface area contributed by atoms with Crippen LogP contribution in [0.15, 0.2) is 0 Å². The highest BCUT2D eigenvalue weighted by Gasteiger charge is 2.26. The van der Waals surface area contributed by atoms with E-state index in [1.165, 1.54) is 83.5 Å². The van der Waals surface area contributed by atoms with Gasteiger partial charge in [0.15, 0.2) is 6.10 Å².